The number of hydrogen-bond donors (Lipinski definition) is 1. The third kappa shape index (κ3) is 2.11. The van der Waals surface area contributed by atoms with E-state index in [1.807, 2.05) is 17.8 Å². The Labute approximate surface area is 72.8 Å². The first-order valence-electron chi connectivity index (χ1n) is 3.97. The van der Waals surface area contributed by atoms with Crippen LogP contribution in [-0.4, -0.2) is 16.8 Å². The van der Waals surface area contributed by atoms with Crippen LogP contribution in [0.2, 0.25) is 0 Å². The Hall–Kier alpha value is -1.27. The van der Waals surface area contributed by atoms with Gasteiger partial charge in [0.1, 0.15) is 0 Å². The highest BCUT2D eigenvalue weighted by molar-refractivity contribution is 5.00. The van der Waals surface area contributed by atoms with E-state index in [1.54, 1.807) is 6.20 Å². The minimum absolute atomic E-state index is 0.735. The molecule has 1 heterocycles. The van der Waals surface area contributed by atoms with E-state index < -0.39 is 0 Å². The van der Waals surface area contributed by atoms with Gasteiger partial charge in [-0.1, -0.05) is 0 Å². The van der Waals surface area contributed by atoms with Crippen LogP contribution < -0.4 is 5.32 Å². The minimum atomic E-state index is 0.735. The standard InChI is InChI=1S/C9H13N3/c1-3-4-7-12-9(8-10-2)5-6-11-12/h1,5-6,10H,4,7-8H2,2H3. The fourth-order valence-electron chi connectivity index (χ4n) is 1.06. The lowest BCUT2D eigenvalue weighted by molar-refractivity contribution is 0.582. The quantitative estimate of drug-likeness (QED) is 0.660. The van der Waals surface area contributed by atoms with Gasteiger partial charge >= 0.3 is 0 Å². The summed E-state index contributed by atoms with van der Waals surface area (Å²) in [4.78, 5) is 0. The van der Waals surface area contributed by atoms with Gasteiger partial charge in [0.25, 0.3) is 0 Å². The Morgan fingerprint density at radius 3 is 3.25 bits per heavy atom. The Bertz CT molecular complexity index is 270. The van der Waals surface area contributed by atoms with Crippen LogP contribution in [0.25, 0.3) is 0 Å². The Kier molecular flexibility index (Phi) is 3.36. The van der Waals surface area contributed by atoms with Gasteiger partial charge in [-0.2, -0.15) is 5.10 Å². The van der Waals surface area contributed by atoms with Gasteiger partial charge in [0.15, 0.2) is 0 Å². The fraction of sp³-hybridized carbons (Fsp3) is 0.444. The highest BCUT2D eigenvalue weighted by Gasteiger charge is 1.98. The molecule has 0 saturated heterocycles. The normalized spacial score (nSPS) is 9.67. The van der Waals surface area contributed by atoms with E-state index in [-0.39, 0.29) is 0 Å². The van der Waals surface area contributed by atoms with Crippen molar-refractivity contribution in [2.75, 3.05) is 7.05 Å². The van der Waals surface area contributed by atoms with Gasteiger partial charge in [0, 0.05) is 19.2 Å². The summed E-state index contributed by atoms with van der Waals surface area (Å²) in [7, 11) is 1.92. The second-order valence-electron chi connectivity index (χ2n) is 2.53. The molecule has 3 heteroatoms. The van der Waals surface area contributed by atoms with Gasteiger partial charge in [-0.3, -0.25) is 4.68 Å². The zero-order chi connectivity index (χ0) is 8.81. The van der Waals surface area contributed by atoms with Crippen molar-refractivity contribution < 1.29 is 0 Å². The molecular weight excluding hydrogens is 150 g/mol. The van der Waals surface area contributed by atoms with Crippen molar-refractivity contribution in [3.8, 4) is 12.3 Å². The number of nitrogens with zero attached hydrogens (tertiary/aromatic N) is 2. The molecule has 0 bridgehead atoms. The molecule has 1 aromatic rings. The summed E-state index contributed by atoms with van der Waals surface area (Å²) in [5, 5.41) is 7.23. The van der Waals surface area contributed by atoms with E-state index in [4.69, 9.17) is 6.42 Å². The number of hydrogen-bond acceptors (Lipinski definition) is 2. The van der Waals surface area contributed by atoms with Gasteiger partial charge in [-0.15, -0.1) is 12.3 Å². The Balaban J connectivity index is 2.58. The first-order valence-corrected chi connectivity index (χ1v) is 3.97. The van der Waals surface area contributed by atoms with Crippen molar-refractivity contribution >= 4 is 0 Å². The first kappa shape index (κ1) is 8.82. The van der Waals surface area contributed by atoms with E-state index in [0.717, 1.165) is 19.5 Å². The van der Waals surface area contributed by atoms with E-state index in [2.05, 4.69) is 16.3 Å². The summed E-state index contributed by atoms with van der Waals surface area (Å²) in [6.45, 7) is 1.64. The van der Waals surface area contributed by atoms with Crippen LogP contribution in [0.15, 0.2) is 12.3 Å². The molecule has 12 heavy (non-hydrogen) atoms. The monoisotopic (exact) mass is 163 g/mol. The largest absolute Gasteiger partial charge is 0.314 e. The zero-order valence-electron chi connectivity index (χ0n) is 7.25. The number of terminal acetylenes is 1. The lowest BCUT2D eigenvalue weighted by Gasteiger charge is -2.03. The Morgan fingerprint density at radius 1 is 1.75 bits per heavy atom. The maximum Gasteiger partial charge on any atom is 0.0522 e. The predicted molar refractivity (Wildman–Crippen MR) is 48.4 cm³/mol. The third-order valence-electron chi connectivity index (χ3n) is 1.63. The summed E-state index contributed by atoms with van der Waals surface area (Å²) in [6.07, 6.45) is 7.69. The van der Waals surface area contributed by atoms with Crippen LogP contribution in [0.3, 0.4) is 0 Å². The molecular formula is C9H13N3. The highest BCUT2D eigenvalue weighted by Crippen LogP contribution is 1.98. The molecule has 1 rings (SSSR count). The average molecular weight is 163 g/mol. The van der Waals surface area contributed by atoms with E-state index >= 15 is 0 Å². The smallest absolute Gasteiger partial charge is 0.0522 e. The third-order valence-corrected chi connectivity index (χ3v) is 1.63. The van der Waals surface area contributed by atoms with Gasteiger partial charge in [-0.05, 0) is 13.1 Å². The van der Waals surface area contributed by atoms with Crippen molar-refractivity contribution in [2.24, 2.45) is 0 Å². The molecule has 0 saturated carbocycles. The van der Waals surface area contributed by atoms with Crippen molar-refractivity contribution in [3.63, 3.8) is 0 Å². The van der Waals surface area contributed by atoms with Crippen LogP contribution in [0.4, 0.5) is 0 Å². The molecule has 0 aromatic carbocycles. The summed E-state index contributed by atoms with van der Waals surface area (Å²) in [5.41, 5.74) is 1.17. The lowest BCUT2D eigenvalue weighted by Crippen LogP contribution is -2.12. The minimum Gasteiger partial charge on any atom is -0.314 e. The molecule has 0 amide bonds. The average Bonchev–Trinajstić information content (AvgIpc) is 2.50. The molecule has 0 spiro atoms. The second-order valence-corrected chi connectivity index (χ2v) is 2.53. The van der Waals surface area contributed by atoms with E-state index in [9.17, 15) is 0 Å². The maximum absolute atomic E-state index is 5.16. The summed E-state index contributed by atoms with van der Waals surface area (Å²) in [5.74, 6) is 2.59. The van der Waals surface area contributed by atoms with Crippen molar-refractivity contribution in [2.45, 2.75) is 19.5 Å². The molecule has 0 radical (unpaired) electrons. The zero-order valence-corrected chi connectivity index (χ0v) is 7.25. The summed E-state index contributed by atoms with van der Waals surface area (Å²) >= 11 is 0. The Morgan fingerprint density at radius 2 is 2.58 bits per heavy atom. The second kappa shape index (κ2) is 4.58. The first-order chi connectivity index (χ1) is 5.88. The molecule has 0 aliphatic heterocycles. The molecule has 0 atom stereocenters. The summed E-state index contributed by atoms with van der Waals surface area (Å²) in [6, 6.07) is 1.99. The molecule has 64 valence electrons. The lowest BCUT2D eigenvalue weighted by atomic mass is 10.4. The molecule has 0 unspecified atom stereocenters. The fourth-order valence-corrected chi connectivity index (χ4v) is 1.06. The van der Waals surface area contributed by atoms with Crippen LogP contribution in [-0.2, 0) is 13.1 Å². The van der Waals surface area contributed by atoms with Crippen molar-refractivity contribution in [3.05, 3.63) is 18.0 Å². The maximum atomic E-state index is 5.16. The van der Waals surface area contributed by atoms with Crippen LogP contribution in [0.5, 0.6) is 0 Å². The molecule has 0 fully saturated rings. The molecule has 0 aliphatic carbocycles. The summed E-state index contributed by atoms with van der Waals surface area (Å²) < 4.78 is 1.93. The van der Waals surface area contributed by atoms with Gasteiger partial charge in [0.2, 0.25) is 0 Å². The van der Waals surface area contributed by atoms with E-state index in [0.29, 0.717) is 0 Å². The number of rotatable bonds is 4. The van der Waals surface area contributed by atoms with Crippen LogP contribution >= 0.6 is 0 Å². The SMILES string of the molecule is C#CCCn1nccc1CNC. The van der Waals surface area contributed by atoms with Crippen LogP contribution in [0.1, 0.15) is 12.1 Å². The highest BCUT2D eigenvalue weighted by atomic mass is 15.3. The topological polar surface area (TPSA) is 29.9 Å². The molecule has 0 aliphatic rings. The molecule has 1 aromatic heterocycles. The number of nitrogens with one attached hydrogen (secondary N) is 1. The van der Waals surface area contributed by atoms with Gasteiger partial charge in [-0.25, -0.2) is 0 Å². The molecule has 1 N–H and O–H groups in total. The van der Waals surface area contributed by atoms with Gasteiger partial charge < -0.3 is 5.32 Å². The van der Waals surface area contributed by atoms with Crippen LogP contribution in [0, 0.1) is 12.3 Å². The van der Waals surface area contributed by atoms with E-state index in [1.165, 1.54) is 5.69 Å². The number of aromatic nitrogens is 2. The van der Waals surface area contributed by atoms with Crippen molar-refractivity contribution in [1.82, 2.24) is 15.1 Å². The predicted octanol–water partition coefficient (Wildman–Crippen LogP) is 0.626. The number of aryl methyl sites for hydroxylation is 1. The van der Waals surface area contributed by atoms with Gasteiger partial charge in [0.05, 0.1) is 12.2 Å². The molecule has 3 nitrogen and oxygen atoms in total. The van der Waals surface area contributed by atoms with Crippen molar-refractivity contribution in [1.29, 1.82) is 0 Å².